The summed E-state index contributed by atoms with van der Waals surface area (Å²) in [5, 5.41) is 2.72. The van der Waals surface area contributed by atoms with Gasteiger partial charge in [-0.2, -0.15) is 0 Å². The SMILES string of the molecule is CC(C)OC[C@@H](CNC(=O)OCC1c2ccccc2-c2ccccc21)C(=O)OCc1ccccc1. The first-order valence-electron chi connectivity index (χ1n) is 11.9. The van der Waals surface area contributed by atoms with Crippen LogP contribution >= 0.6 is 0 Å². The Bertz CT molecular complexity index is 1100. The number of amides is 1. The summed E-state index contributed by atoms with van der Waals surface area (Å²) >= 11 is 0. The molecule has 6 heteroatoms. The monoisotopic (exact) mass is 473 g/mol. The highest BCUT2D eigenvalue weighted by Gasteiger charge is 2.29. The highest BCUT2D eigenvalue weighted by atomic mass is 16.6. The van der Waals surface area contributed by atoms with Crippen LogP contribution in [0, 0.1) is 5.92 Å². The van der Waals surface area contributed by atoms with Gasteiger partial charge in [0, 0.05) is 12.5 Å². The molecule has 6 nitrogen and oxygen atoms in total. The van der Waals surface area contributed by atoms with E-state index in [9.17, 15) is 9.59 Å². The minimum Gasteiger partial charge on any atom is -0.460 e. The lowest BCUT2D eigenvalue weighted by Crippen LogP contribution is -2.37. The van der Waals surface area contributed by atoms with Crippen molar-refractivity contribution >= 4 is 12.1 Å². The zero-order valence-corrected chi connectivity index (χ0v) is 20.1. The Morgan fingerprint density at radius 2 is 1.43 bits per heavy atom. The van der Waals surface area contributed by atoms with Crippen LogP contribution in [0.4, 0.5) is 4.79 Å². The van der Waals surface area contributed by atoms with Gasteiger partial charge in [0.25, 0.3) is 0 Å². The molecule has 1 N–H and O–H groups in total. The van der Waals surface area contributed by atoms with E-state index in [0.29, 0.717) is 0 Å². The van der Waals surface area contributed by atoms with Gasteiger partial charge >= 0.3 is 12.1 Å². The van der Waals surface area contributed by atoms with Gasteiger partial charge in [-0.3, -0.25) is 4.79 Å². The number of carbonyl (C=O) groups is 2. The van der Waals surface area contributed by atoms with Crippen molar-refractivity contribution in [3.63, 3.8) is 0 Å². The van der Waals surface area contributed by atoms with Crippen molar-refractivity contribution in [2.75, 3.05) is 19.8 Å². The van der Waals surface area contributed by atoms with Crippen LogP contribution in [0.25, 0.3) is 11.1 Å². The molecule has 0 radical (unpaired) electrons. The van der Waals surface area contributed by atoms with E-state index >= 15 is 0 Å². The maximum absolute atomic E-state index is 12.7. The normalized spacial score (nSPS) is 13.1. The van der Waals surface area contributed by atoms with E-state index in [4.69, 9.17) is 14.2 Å². The Kier molecular flexibility index (Phi) is 8.16. The van der Waals surface area contributed by atoms with E-state index in [1.54, 1.807) is 0 Å². The van der Waals surface area contributed by atoms with Crippen molar-refractivity contribution < 1.29 is 23.8 Å². The standard InChI is InChI=1S/C29H31NO5/c1-20(2)33-18-22(28(31)34-17-21-10-4-3-5-11-21)16-30-29(32)35-19-27-25-14-8-6-12-23(25)24-13-7-9-15-26(24)27/h3-15,20,22,27H,16-19H2,1-2H3,(H,30,32)/t22-/m1/s1. The molecule has 1 amide bonds. The van der Waals surface area contributed by atoms with E-state index in [1.165, 1.54) is 11.1 Å². The van der Waals surface area contributed by atoms with E-state index in [2.05, 4.69) is 29.6 Å². The van der Waals surface area contributed by atoms with Gasteiger partial charge in [-0.05, 0) is 41.7 Å². The summed E-state index contributed by atoms with van der Waals surface area (Å²) in [5.41, 5.74) is 5.53. The molecule has 0 unspecified atom stereocenters. The zero-order chi connectivity index (χ0) is 24.6. The molecular formula is C29H31NO5. The van der Waals surface area contributed by atoms with Gasteiger partial charge in [-0.25, -0.2) is 4.79 Å². The van der Waals surface area contributed by atoms with Crippen LogP contribution in [0.5, 0.6) is 0 Å². The van der Waals surface area contributed by atoms with Crippen LogP contribution in [0.3, 0.4) is 0 Å². The minimum atomic E-state index is -0.637. The lowest BCUT2D eigenvalue weighted by atomic mass is 9.98. The zero-order valence-electron chi connectivity index (χ0n) is 20.1. The molecule has 182 valence electrons. The maximum atomic E-state index is 12.7. The number of rotatable bonds is 10. The number of hydrogen-bond acceptors (Lipinski definition) is 5. The van der Waals surface area contributed by atoms with Gasteiger partial charge in [0.1, 0.15) is 13.2 Å². The molecule has 0 aromatic heterocycles. The molecule has 0 spiro atoms. The number of nitrogens with one attached hydrogen (secondary N) is 1. The Balaban J connectivity index is 1.32. The first-order chi connectivity index (χ1) is 17.0. The van der Waals surface area contributed by atoms with Gasteiger partial charge in [-0.15, -0.1) is 0 Å². The fourth-order valence-corrected chi connectivity index (χ4v) is 4.22. The topological polar surface area (TPSA) is 73.9 Å². The highest BCUT2D eigenvalue weighted by Crippen LogP contribution is 2.44. The second-order valence-electron chi connectivity index (χ2n) is 8.88. The number of benzene rings is 3. The number of hydrogen-bond donors (Lipinski definition) is 1. The number of fused-ring (bicyclic) bond motifs is 3. The van der Waals surface area contributed by atoms with Gasteiger partial charge < -0.3 is 19.5 Å². The summed E-state index contributed by atoms with van der Waals surface area (Å²) in [6.45, 7) is 4.39. The van der Waals surface area contributed by atoms with Gasteiger partial charge in [0.05, 0.1) is 18.6 Å². The summed E-state index contributed by atoms with van der Waals surface area (Å²) in [4.78, 5) is 25.2. The third-order valence-electron chi connectivity index (χ3n) is 6.02. The van der Waals surface area contributed by atoms with E-state index < -0.39 is 18.0 Å². The molecule has 1 aliphatic rings. The van der Waals surface area contributed by atoms with Gasteiger partial charge in [0.15, 0.2) is 0 Å². The molecule has 3 aromatic rings. The summed E-state index contributed by atoms with van der Waals surface area (Å²) in [5.74, 6) is -1.08. The Labute approximate surface area is 206 Å². The fourth-order valence-electron chi connectivity index (χ4n) is 4.22. The highest BCUT2D eigenvalue weighted by molar-refractivity contribution is 5.79. The molecule has 4 rings (SSSR count). The molecule has 35 heavy (non-hydrogen) atoms. The molecule has 0 saturated heterocycles. The summed E-state index contributed by atoms with van der Waals surface area (Å²) in [6, 6.07) is 25.8. The lowest BCUT2D eigenvalue weighted by Gasteiger charge is -2.19. The van der Waals surface area contributed by atoms with Crippen LogP contribution in [-0.4, -0.2) is 37.9 Å². The van der Waals surface area contributed by atoms with Crippen molar-refractivity contribution in [3.8, 4) is 11.1 Å². The van der Waals surface area contributed by atoms with Crippen LogP contribution in [0.2, 0.25) is 0 Å². The van der Waals surface area contributed by atoms with Crippen molar-refractivity contribution in [1.29, 1.82) is 0 Å². The second-order valence-corrected chi connectivity index (χ2v) is 8.88. The summed E-state index contributed by atoms with van der Waals surface area (Å²) in [7, 11) is 0. The summed E-state index contributed by atoms with van der Waals surface area (Å²) < 4.78 is 16.7. The summed E-state index contributed by atoms with van der Waals surface area (Å²) in [6.07, 6.45) is -0.619. The number of esters is 1. The average Bonchev–Trinajstić information content (AvgIpc) is 3.20. The Morgan fingerprint density at radius 1 is 0.829 bits per heavy atom. The van der Waals surface area contributed by atoms with Crippen LogP contribution in [0.15, 0.2) is 78.9 Å². The van der Waals surface area contributed by atoms with E-state index in [-0.39, 0.29) is 38.4 Å². The van der Waals surface area contributed by atoms with Crippen molar-refractivity contribution in [3.05, 3.63) is 95.6 Å². The first-order valence-corrected chi connectivity index (χ1v) is 11.9. The molecule has 3 aromatic carbocycles. The maximum Gasteiger partial charge on any atom is 0.407 e. The third-order valence-corrected chi connectivity index (χ3v) is 6.02. The molecule has 0 bridgehead atoms. The molecular weight excluding hydrogens is 442 g/mol. The van der Waals surface area contributed by atoms with E-state index in [0.717, 1.165) is 16.7 Å². The van der Waals surface area contributed by atoms with Crippen LogP contribution in [-0.2, 0) is 25.6 Å². The fraction of sp³-hybridized carbons (Fsp3) is 0.310. The van der Waals surface area contributed by atoms with Crippen LogP contribution in [0.1, 0.15) is 36.5 Å². The number of alkyl carbamates (subject to hydrolysis) is 1. The molecule has 1 aliphatic carbocycles. The Hall–Kier alpha value is -3.64. The smallest absolute Gasteiger partial charge is 0.407 e. The van der Waals surface area contributed by atoms with Crippen molar-refractivity contribution in [2.24, 2.45) is 5.92 Å². The van der Waals surface area contributed by atoms with E-state index in [1.807, 2.05) is 68.4 Å². The predicted octanol–water partition coefficient (Wildman–Crippen LogP) is 5.31. The molecule has 1 atom stereocenters. The molecule has 0 aliphatic heterocycles. The molecule has 0 fully saturated rings. The third kappa shape index (κ3) is 6.28. The quantitative estimate of drug-likeness (QED) is 0.404. The molecule has 0 heterocycles. The van der Waals surface area contributed by atoms with Crippen LogP contribution < -0.4 is 5.32 Å². The Morgan fingerprint density at radius 3 is 2.06 bits per heavy atom. The van der Waals surface area contributed by atoms with Gasteiger partial charge in [0.2, 0.25) is 0 Å². The predicted molar refractivity (Wildman–Crippen MR) is 134 cm³/mol. The number of ether oxygens (including phenoxy) is 3. The molecule has 0 saturated carbocycles. The minimum absolute atomic E-state index is 0.0240. The lowest BCUT2D eigenvalue weighted by molar-refractivity contribution is -0.152. The largest absolute Gasteiger partial charge is 0.460 e. The second kappa shape index (κ2) is 11.7. The van der Waals surface area contributed by atoms with Crippen molar-refractivity contribution in [2.45, 2.75) is 32.5 Å². The van der Waals surface area contributed by atoms with Crippen molar-refractivity contribution in [1.82, 2.24) is 5.32 Å². The average molecular weight is 474 g/mol. The number of carbonyl (C=O) groups excluding carboxylic acids is 2. The first kappa shape index (κ1) is 24.5. The van der Waals surface area contributed by atoms with Gasteiger partial charge in [-0.1, -0.05) is 78.9 Å².